The molecule has 0 heterocycles. The first-order valence-corrected chi connectivity index (χ1v) is 5.98. The molecule has 0 radical (unpaired) electrons. The monoisotopic (exact) mass is 248 g/mol. The van der Waals surface area contributed by atoms with Gasteiger partial charge in [0.25, 0.3) is 0 Å². The van der Waals surface area contributed by atoms with Gasteiger partial charge < -0.3 is 11.1 Å². The summed E-state index contributed by atoms with van der Waals surface area (Å²) in [6.07, 6.45) is 0.684. The summed E-state index contributed by atoms with van der Waals surface area (Å²) in [6.45, 7) is 6.90. The maximum absolute atomic E-state index is 10.9. The van der Waals surface area contributed by atoms with Crippen LogP contribution in [0.5, 0.6) is 0 Å². The molecule has 0 bridgehead atoms. The van der Waals surface area contributed by atoms with Crippen molar-refractivity contribution in [3.63, 3.8) is 0 Å². The average Bonchev–Trinajstić information content (AvgIpc) is 2.28. The van der Waals surface area contributed by atoms with E-state index >= 15 is 0 Å². The van der Waals surface area contributed by atoms with Gasteiger partial charge in [-0.3, -0.25) is 9.59 Å². The van der Waals surface area contributed by atoms with Gasteiger partial charge in [-0.05, 0) is 23.0 Å². The van der Waals surface area contributed by atoms with E-state index in [4.69, 9.17) is 5.73 Å². The summed E-state index contributed by atoms with van der Waals surface area (Å²) in [7, 11) is 0. The van der Waals surface area contributed by atoms with Crippen molar-refractivity contribution in [1.29, 1.82) is 0 Å². The predicted octanol–water partition coefficient (Wildman–Crippen LogP) is 1.13. The molecular formula is C14H20N2O2. The highest BCUT2D eigenvalue weighted by Crippen LogP contribution is 2.22. The molecule has 0 aliphatic carbocycles. The Morgan fingerprint density at radius 3 is 2.17 bits per heavy atom. The van der Waals surface area contributed by atoms with Crippen LogP contribution in [0.2, 0.25) is 0 Å². The first-order valence-electron chi connectivity index (χ1n) is 5.98. The molecular weight excluding hydrogens is 228 g/mol. The minimum Gasteiger partial charge on any atom is -0.361 e. The van der Waals surface area contributed by atoms with E-state index in [1.807, 2.05) is 12.1 Å². The van der Waals surface area contributed by atoms with Crippen LogP contribution in [0, 0.1) is 0 Å². The van der Waals surface area contributed by atoms with Crippen LogP contribution in [0.3, 0.4) is 0 Å². The second kappa shape index (κ2) is 5.67. The lowest BCUT2D eigenvalue weighted by Crippen LogP contribution is -2.37. The van der Waals surface area contributed by atoms with E-state index in [-0.39, 0.29) is 5.41 Å². The number of amides is 2. The molecule has 0 saturated carbocycles. The fourth-order valence-electron chi connectivity index (χ4n) is 1.58. The number of hydrogen-bond acceptors (Lipinski definition) is 2. The lowest BCUT2D eigenvalue weighted by molar-refractivity contribution is -0.137. The Morgan fingerprint density at radius 1 is 1.17 bits per heavy atom. The molecule has 0 atom stereocenters. The van der Waals surface area contributed by atoms with Crippen LogP contribution in [-0.2, 0) is 21.4 Å². The first kappa shape index (κ1) is 14.2. The zero-order valence-corrected chi connectivity index (χ0v) is 11.1. The van der Waals surface area contributed by atoms with Gasteiger partial charge in [0.2, 0.25) is 0 Å². The van der Waals surface area contributed by atoms with Crippen LogP contribution in [-0.4, -0.2) is 18.4 Å². The Balaban J connectivity index is 2.50. The lowest BCUT2D eigenvalue weighted by Gasteiger charge is -2.19. The predicted molar refractivity (Wildman–Crippen MR) is 71.1 cm³/mol. The van der Waals surface area contributed by atoms with E-state index in [9.17, 15) is 9.59 Å². The second-order valence-corrected chi connectivity index (χ2v) is 5.32. The van der Waals surface area contributed by atoms with Crippen LogP contribution in [0.25, 0.3) is 0 Å². The highest BCUT2D eigenvalue weighted by Gasteiger charge is 2.12. The molecule has 0 unspecified atom stereocenters. The highest BCUT2D eigenvalue weighted by atomic mass is 16.2. The van der Waals surface area contributed by atoms with Crippen molar-refractivity contribution < 1.29 is 9.59 Å². The van der Waals surface area contributed by atoms with Gasteiger partial charge in [0.05, 0.1) is 0 Å². The Morgan fingerprint density at radius 2 is 1.72 bits per heavy atom. The maximum atomic E-state index is 10.9. The number of nitrogens with one attached hydrogen (secondary N) is 1. The smallest absolute Gasteiger partial charge is 0.309 e. The van der Waals surface area contributed by atoms with E-state index < -0.39 is 11.8 Å². The number of primary amides is 1. The van der Waals surface area contributed by atoms with Crippen molar-refractivity contribution in [1.82, 2.24) is 5.32 Å². The molecule has 4 nitrogen and oxygen atoms in total. The molecule has 18 heavy (non-hydrogen) atoms. The summed E-state index contributed by atoms with van der Waals surface area (Å²) in [5, 5.41) is 2.46. The first-order chi connectivity index (χ1) is 8.30. The zero-order valence-electron chi connectivity index (χ0n) is 11.1. The molecule has 98 valence electrons. The summed E-state index contributed by atoms with van der Waals surface area (Å²) in [5.41, 5.74) is 7.36. The molecule has 0 aromatic heterocycles. The molecule has 1 rings (SSSR count). The molecule has 4 heteroatoms. The minimum atomic E-state index is -0.946. The van der Waals surface area contributed by atoms with E-state index in [1.165, 1.54) is 5.56 Å². The van der Waals surface area contributed by atoms with Crippen molar-refractivity contribution in [2.24, 2.45) is 5.73 Å². The van der Waals surface area contributed by atoms with Crippen molar-refractivity contribution in [2.75, 3.05) is 6.54 Å². The van der Waals surface area contributed by atoms with Gasteiger partial charge in [0.15, 0.2) is 0 Å². The van der Waals surface area contributed by atoms with E-state index in [0.29, 0.717) is 13.0 Å². The van der Waals surface area contributed by atoms with Crippen LogP contribution < -0.4 is 11.1 Å². The topological polar surface area (TPSA) is 72.2 Å². The van der Waals surface area contributed by atoms with Gasteiger partial charge in [-0.15, -0.1) is 0 Å². The number of nitrogens with two attached hydrogens (primary N) is 1. The molecule has 1 aromatic carbocycles. The van der Waals surface area contributed by atoms with Crippen LogP contribution >= 0.6 is 0 Å². The van der Waals surface area contributed by atoms with E-state index in [2.05, 4.69) is 38.2 Å². The quantitative estimate of drug-likeness (QED) is 0.787. The van der Waals surface area contributed by atoms with Gasteiger partial charge in [-0.25, -0.2) is 0 Å². The van der Waals surface area contributed by atoms with Gasteiger partial charge in [0, 0.05) is 6.54 Å². The SMILES string of the molecule is CC(C)(C)c1ccc(CCNC(=O)C(N)=O)cc1. The fourth-order valence-corrected chi connectivity index (χ4v) is 1.58. The van der Waals surface area contributed by atoms with Gasteiger partial charge in [-0.1, -0.05) is 45.0 Å². The normalized spacial score (nSPS) is 11.1. The van der Waals surface area contributed by atoms with Crippen LogP contribution in [0.1, 0.15) is 31.9 Å². The van der Waals surface area contributed by atoms with Crippen molar-refractivity contribution in [3.05, 3.63) is 35.4 Å². The molecule has 2 amide bonds. The highest BCUT2D eigenvalue weighted by molar-refractivity contribution is 6.34. The maximum Gasteiger partial charge on any atom is 0.309 e. The third-order valence-corrected chi connectivity index (χ3v) is 2.74. The zero-order chi connectivity index (χ0) is 13.8. The summed E-state index contributed by atoms with van der Waals surface area (Å²) in [4.78, 5) is 21.4. The molecule has 0 spiro atoms. The molecule has 1 aromatic rings. The minimum absolute atomic E-state index is 0.138. The van der Waals surface area contributed by atoms with Crippen molar-refractivity contribution in [2.45, 2.75) is 32.6 Å². The molecule has 3 N–H and O–H groups in total. The Bertz CT molecular complexity index is 430. The standard InChI is InChI=1S/C14H20N2O2/c1-14(2,3)11-6-4-10(5-7-11)8-9-16-13(18)12(15)17/h4-7H,8-9H2,1-3H3,(H2,15,17)(H,16,18). The third kappa shape index (κ3) is 4.20. The van der Waals surface area contributed by atoms with Crippen LogP contribution in [0.15, 0.2) is 24.3 Å². The van der Waals surface area contributed by atoms with E-state index in [1.54, 1.807) is 0 Å². The number of carbonyl (C=O) groups is 2. The van der Waals surface area contributed by atoms with Crippen molar-refractivity contribution in [3.8, 4) is 0 Å². The summed E-state index contributed by atoms with van der Waals surface area (Å²) < 4.78 is 0. The average molecular weight is 248 g/mol. The summed E-state index contributed by atoms with van der Waals surface area (Å²) >= 11 is 0. The summed E-state index contributed by atoms with van der Waals surface area (Å²) in [5.74, 6) is -1.68. The van der Waals surface area contributed by atoms with Crippen LogP contribution in [0.4, 0.5) is 0 Å². The number of hydrogen-bond donors (Lipinski definition) is 2. The van der Waals surface area contributed by atoms with Gasteiger partial charge >= 0.3 is 11.8 Å². The fraction of sp³-hybridized carbons (Fsp3) is 0.429. The number of rotatable bonds is 3. The molecule has 0 saturated heterocycles. The summed E-state index contributed by atoms with van der Waals surface area (Å²) in [6, 6.07) is 8.25. The van der Waals surface area contributed by atoms with Crippen molar-refractivity contribution >= 4 is 11.8 Å². The number of carbonyl (C=O) groups excluding carboxylic acids is 2. The Kier molecular flexibility index (Phi) is 4.48. The Labute approximate surface area is 108 Å². The lowest BCUT2D eigenvalue weighted by atomic mass is 9.86. The Hall–Kier alpha value is -1.84. The van der Waals surface area contributed by atoms with E-state index in [0.717, 1.165) is 5.56 Å². The molecule has 0 aliphatic rings. The molecule has 0 aliphatic heterocycles. The second-order valence-electron chi connectivity index (χ2n) is 5.32. The largest absolute Gasteiger partial charge is 0.361 e. The molecule has 0 fully saturated rings. The van der Waals surface area contributed by atoms with Gasteiger partial charge in [0.1, 0.15) is 0 Å². The van der Waals surface area contributed by atoms with Gasteiger partial charge in [-0.2, -0.15) is 0 Å². The number of benzene rings is 1. The third-order valence-electron chi connectivity index (χ3n) is 2.74.